The van der Waals surface area contributed by atoms with Gasteiger partial charge in [-0.3, -0.25) is 4.79 Å². The summed E-state index contributed by atoms with van der Waals surface area (Å²) in [5.74, 6) is 0.644. The Morgan fingerprint density at radius 3 is 2.62 bits per heavy atom. The molecule has 1 amide bonds. The fourth-order valence-electron chi connectivity index (χ4n) is 2.32. The van der Waals surface area contributed by atoms with Crippen molar-refractivity contribution in [1.82, 2.24) is 5.32 Å². The minimum absolute atomic E-state index is 0.120. The molecule has 0 bridgehead atoms. The fourth-order valence-corrected chi connectivity index (χ4v) is 2.32. The summed E-state index contributed by atoms with van der Waals surface area (Å²) in [5, 5.41) is 2.99. The number of carbonyl (C=O) groups excluding carboxylic acids is 1. The van der Waals surface area contributed by atoms with E-state index in [2.05, 4.69) is 5.32 Å². The fraction of sp³-hybridized carbons (Fsp3) is 0.235. The Morgan fingerprint density at radius 2 is 1.95 bits per heavy atom. The van der Waals surface area contributed by atoms with Crippen molar-refractivity contribution in [2.45, 2.75) is 19.9 Å². The third-order valence-corrected chi connectivity index (χ3v) is 3.45. The molecule has 0 saturated heterocycles. The lowest BCUT2D eigenvalue weighted by Crippen LogP contribution is -2.27. The predicted molar refractivity (Wildman–Crippen MR) is 84.5 cm³/mol. The van der Waals surface area contributed by atoms with E-state index in [1.54, 1.807) is 25.3 Å². The molecule has 0 saturated carbocycles. The van der Waals surface area contributed by atoms with Crippen LogP contribution in [0.2, 0.25) is 0 Å². The van der Waals surface area contributed by atoms with E-state index in [-0.39, 0.29) is 11.9 Å². The molecule has 0 aliphatic rings. The number of nitrogens with two attached hydrogens (primary N) is 1. The van der Waals surface area contributed by atoms with E-state index in [1.165, 1.54) is 0 Å². The highest BCUT2D eigenvalue weighted by Crippen LogP contribution is 2.24. The highest BCUT2D eigenvalue weighted by molar-refractivity contribution is 5.96. The van der Waals surface area contributed by atoms with Crippen molar-refractivity contribution in [3.63, 3.8) is 0 Å². The van der Waals surface area contributed by atoms with E-state index in [4.69, 9.17) is 10.5 Å². The first-order valence-corrected chi connectivity index (χ1v) is 6.83. The molecule has 2 aromatic carbocycles. The summed E-state index contributed by atoms with van der Waals surface area (Å²) in [6, 6.07) is 12.8. The highest BCUT2D eigenvalue weighted by Gasteiger charge is 2.16. The van der Waals surface area contributed by atoms with Gasteiger partial charge in [0.05, 0.1) is 13.2 Å². The number of methoxy groups -OCH3 is 1. The number of ether oxygens (including phenoxy) is 1. The van der Waals surface area contributed by atoms with Crippen LogP contribution in [0.5, 0.6) is 5.75 Å². The quantitative estimate of drug-likeness (QED) is 0.848. The van der Waals surface area contributed by atoms with Gasteiger partial charge in [0.25, 0.3) is 5.91 Å². The lowest BCUT2D eigenvalue weighted by Gasteiger charge is -2.18. The van der Waals surface area contributed by atoms with Crippen molar-refractivity contribution in [3.8, 4) is 5.75 Å². The van der Waals surface area contributed by atoms with Gasteiger partial charge in [0, 0.05) is 16.8 Å². The summed E-state index contributed by atoms with van der Waals surface area (Å²) in [5.41, 5.74) is 8.80. The number of hydrogen-bond acceptors (Lipinski definition) is 3. The maximum atomic E-state index is 12.4. The van der Waals surface area contributed by atoms with Crippen LogP contribution in [-0.2, 0) is 0 Å². The largest absolute Gasteiger partial charge is 0.496 e. The van der Waals surface area contributed by atoms with Gasteiger partial charge in [0.15, 0.2) is 0 Å². The molecule has 0 fully saturated rings. The van der Waals surface area contributed by atoms with Gasteiger partial charge in [0.2, 0.25) is 0 Å². The molecule has 110 valence electrons. The second kappa shape index (κ2) is 6.31. The molecular formula is C17H20N2O2. The predicted octanol–water partition coefficient (Wildman–Crippen LogP) is 3.08. The van der Waals surface area contributed by atoms with Crippen molar-refractivity contribution in [3.05, 3.63) is 59.2 Å². The Balaban J connectivity index is 2.19. The second-order valence-electron chi connectivity index (χ2n) is 5.01. The van der Waals surface area contributed by atoms with E-state index in [0.29, 0.717) is 11.3 Å². The number of hydrogen-bond donors (Lipinski definition) is 2. The van der Waals surface area contributed by atoms with Gasteiger partial charge >= 0.3 is 0 Å². The van der Waals surface area contributed by atoms with Crippen LogP contribution in [0.25, 0.3) is 0 Å². The number of anilines is 1. The number of amides is 1. The van der Waals surface area contributed by atoms with Crippen LogP contribution >= 0.6 is 0 Å². The van der Waals surface area contributed by atoms with Crippen molar-refractivity contribution < 1.29 is 9.53 Å². The van der Waals surface area contributed by atoms with E-state index in [1.807, 2.05) is 38.1 Å². The van der Waals surface area contributed by atoms with Gasteiger partial charge in [-0.25, -0.2) is 0 Å². The molecule has 2 rings (SSSR count). The molecule has 4 nitrogen and oxygen atoms in total. The number of aryl methyl sites for hydroxylation is 1. The smallest absolute Gasteiger partial charge is 0.252 e. The standard InChI is InChI=1S/C17H20N2O2/c1-11-10-13(18)8-9-14(11)17(20)19-12(2)15-6-4-5-7-16(15)21-3/h4-10,12H,18H2,1-3H3,(H,19,20). The second-order valence-corrected chi connectivity index (χ2v) is 5.01. The van der Waals surface area contributed by atoms with Crippen LogP contribution in [-0.4, -0.2) is 13.0 Å². The summed E-state index contributed by atoms with van der Waals surface area (Å²) in [7, 11) is 1.62. The molecule has 0 heterocycles. The molecule has 2 aromatic rings. The molecule has 1 unspecified atom stereocenters. The zero-order chi connectivity index (χ0) is 15.4. The van der Waals surface area contributed by atoms with Gasteiger partial charge in [-0.2, -0.15) is 0 Å². The minimum Gasteiger partial charge on any atom is -0.496 e. The molecule has 4 heteroatoms. The zero-order valence-corrected chi connectivity index (χ0v) is 12.5. The molecule has 0 aromatic heterocycles. The number of nitrogen functional groups attached to an aromatic ring is 1. The molecule has 0 aliphatic heterocycles. The van der Waals surface area contributed by atoms with Crippen molar-refractivity contribution >= 4 is 11.6 Å². The summed E-state index contributed by atoms with van der Waals surface area (Å²) in [6.07, 6.45) is 0. The van der Waals surface area contributed by atoms with Crippen molar-refractivity contribution in [2.24, 2.45) is 0 Å². The molecule has 0 spiro atoms. The Hall–Kier alpha value is -2.49. The van der Waals surface area contributed by atoms with Crippen LogP contribution < -0.4 is 15.8 Å². The summed E-state index contributed by atoms with van der Waals surface area (Å²) < 4.78 is 5.33. The molecular weight excluding hydrogens is 264 g/mol. The van der Waals surface area contributed by atoms with Crippen LogP contribution in [0.3, 0.4) is 0 Å². The summed E-state index contributed by atoms with van der Waals surface area (Å²) in [4.78, 5) is 12.4. The molecule has 0 radical (unpaired) electrons. The third-order valence-electron chi connectivity index (χ3n) is 3.45. The normalized spacial score (nSPS) is 11.8. The van der Waals surface area contributed by atoms with E-state index in [9.17, 15) is 4.79 Å². The van der Waals surface area contributed by atoms with Gasteiger partial charge in [-0.05, 0) is 43.7 Å². The van der Waals surface area contributed by atoms with Crippen LogP contribution in [0.4, 0.5) is 5.69 Å². The van der Waals surface area contributed by atoms with Crippen LogP contribution in [0, 0.1) is 6.92 Å². The topological polar surface area (TPSA) is 64.3 Å². The van der Waals surface area contributed by atoms with E-state index < -0.39 is 0 Å². The van der Waals surface area contributed by atoms with Crippen LogP contribution in [0.15, 0.2) is 42.5 Å². The number of rotatable bonds is 4. The number of para-hydroxylation sites is 1. The Morgan fingerprint density at radius 1 is 1.24 bits per heavy atom. The average Bonchev–Trinajstić information content (AvgIpc) is 2.46. The van der Waals surface area contributed by atoms with E-state index >= 15 is 0 Å². The average molecular weight is 284 g/mol. The molecule has 21 heavy (non-hydrogen) atoms. The minimum atomic E-state index is -0.148. The first-order chi connectivity index (χ1) is 10.0. The number of benzene rings is 2. The zero-order valence-electron chi connectivity index (χ0n) is 12.5. The lowest BCUT2D eigenvalue weighted by molar-refractivity contribution is 0.0939. The summed E-state index contributed by atoms with van der Waals surface area (Å²) >= 11 is 0. The van der Waals surface area contributed by atoms with Gasteiger partial charge in [-0.15, -0.1) is 0 Å². The SMILES string of the molecule is COc1ccccc1C(C)NC(=O)c1ccc(N)cc1C. The summed E-state index contributed by atoms with van der Waals surface area (Å²) in [6.45, 7) is 3.81. The van der Waals surface area contributed by atoms with Gasteiger partial charge in [0.1, 0.15) is 5.75 Å². The Labute approximate surface area is 124 Å². The first kappa shape index (κ1) is 14.9. The molecule has 0 aliphatic carbocycles. The van der Waals surface area contributed by atoms with Gasteiger partial charge < -0.3 is 15.8 Å². The maximum Gasteiger partial charge on any atom is 0.252 e. The highest BCUT2D eigenvalue weighted by atomic mass is 16.5. The number of carbonyl (C=O) groups is 1. The lowest BCUT2D eigenvalue weighted by atomic mass is 10.0. The van der Waals surface area contributed by atoms with Gasteiger partial charge in [-0.1, -0.05) is 18.2 Å². The van der Waals surface area contributed by atoms with Crippen LogP contribution in [0.1, 0.15) is 34.5 Å². The van der Waals surface area contributed by atoms with Crippen molar-refractivity contribution in [2.75, 3.05) is 12.8 Å². The first-order valence-electron chi connectivity index (χ1n) is 6.83. The number of nitrogens with one attached hydrogen (secondary N) is 1. The molecule has 1 atom stereocenters. The third kappa shape index (κ3) is 3.34. The Kier molecular flexibility index (Phi) is 4.48. The van der Waals surface area contributed by atoms with Crippen molar-refractivity contribution in [1.29, 1.82) is 0 Å². The monoisotopic (exact) mass is 284 g/mol. The molecule has 3 N–H and O–H groups in total. The van der Waals surface area contributed by atoms with E-state index in [0.717, 1.165) is 16.9 Å². The maximum absolute atomic E-state index is 12.4. The Bertz CT molecular complexity index is 653.